The van der Waals surface area contributed by atoms with E-state index in [4.69, 9.17) is 11.6 Å². The van der Waals surface area contributed by atoms with Crippen LogP contribution in [0.25, 0.3) is 0 Å². The number of hydrogen-bond donors (Lipinski definition) is 2. The van der Waals surface area contributed by atoms with Gasteiger partial charge in [-0.2, -0.15) is 0 Å². The highest BCUT2D eigenvalue weighted by Gasteiger charge is 2.23. The number of hydrogen-bond acceptors (Lipinski definition) is 4. The van der Waals surface area contributed by atoms with E-state index < -0.39 is 11.2 Å². The van der Waals surface area contributed by atoms with Gasteiger partial charge in [-0.25, -0.2) is 4.79 Å². The first-order chi connectivity index (χ1) is 17.8. The monoisotopic (exact) mass is 519 g/mol. The van der Waals surface area contributed by atoms with Crippen molar-refractivity contribution in [2.75, 3.05) is 5.32 Å². The van der Waals surface area contributed by atoms with Crippen LogP contribution < -0.4 is 16.6 Å². The number of benzene rings is 2. The fourth-order valence-corrected chi connectivity index (χ4v) is 4.77. The first-order valence-corrected chi connectivity index (χ1v) is 12.9. The number of nitrogens with one attached hydrogen (secondary N) is 1. The van der Waals surface area contributed by atoms with Crippen LogP contribution in [0.4, 0.5) is 5.69 Å². The number of halogens is 1. The summed E-state index contributed by atoms with van der Waals surface area (Å²) in [4.78, 5) is 39.4. The van der Waals surface area contributed by atoms with Crippen LogP contribution in [-0.4, -0.2) is 20.1 Å². The molecule has 2 aromatic carbocycles. The Hall–Kier alpha value is -3.76. The van der Waals surface area contributed by atoms with Crippen molar-refractivity contribution < 1.29 is 9.90 Å². The number of aromatic nitrogens is 2. The number of anilines is 1. The van der Waals surface area contributed by atoms with E-state index in [2.05, 4.69) is 17.2 Å². The Morgan fingerprint density at radius 3 is 2.41 bits per heavy atom. The Balaban J connectivity index is 1.61. The summed E-state index contributed by atoms with van der Waals surface area (Å²) in [6.45, 7) is 2.22. The van der Waals surface area contributed by atoms with Crippen LogP contribution in [-0.2, 0) is 24.3 Å². The number of phenols is 1. The fourth-order valence-electron chi connectivity index (χ4n) is 4.51. The lowest BCUT2D eigenvalue weighted by Crippen LogP contribution is -2.43. The lowest BCUT2D eigenvalue weighted by Gasteiger charge is -2.17. The van der Waals surface area contributed by atoms with Crippen LogP contribution in [0.15, 0.2) is 58.1 Å². The molecule has 8 heteroatoms. The first-order valence-electron chi connectivity index (χ1n) is 12.5. The van der Waals surface area contributed by atoms with Crippen molar-refractivity contribution in [1.82, 2.24) is 9.13 Å². The summed E-state index contributed by atoms with van der Waals surface area (Å²) < 4.78 is 2.40. The molecule has 2 N–H and O–H groups in total. The first kappa shape index (κ1) is 26.3. The predicted molar refractivity (Wildman–Crippen MR) is 145 cm³/mol. The maximum atomic E-state index is 13.3. The molecule has 1 fully saturated rings. The summed E-state index contributed by atoms with van der Waals surface area (Å²) in [5, 5.41) is 12.0. The van der Waals surface area contributed by atoms with Crippen LogP contribution in [0.1, 0.15) is 48.8 Å². The summed E-state index contributed by atoms with van der Waals surface area (Å²) in [6, 6.07) is 14.3. The number of carbonyl (C=O) groups excluding carboxylic acids is 1. The van der Waals surface area contributed by atoms with Gasteiger partial charge >= 0.3 is 5.69 Å². The Labute approximate surface area is 220 Å². The molecular weight excluding hydrogens is 490 g/mol. The third-order valence-corrected chi connectivity index (χ3v) is 7.04. The van der Waals surface area contributed by atoms with Crippen LogP contribution in [0.3, 0.4) is 0 Å². The molecular formula is C29H30ClN3O4. The normalized spacial score (nSPS) is 13.2. The SMILES string of the molecule is Cc1ccc(CCC(=O)Nc2c(Cl)n(CC#Cc3ccc(O)cc3)c(=O)n(CC3CCCC3)c2=O)cc1. The number of phenolic OH excluding ortho intramolecular Hbond substituents is 1. The van der Waals surface area contributed by atoms with Gasteiger partial charge in [-0.1, -0.05) is 66.1 Å². The highest BCUT2D eigenvalue weighted by atomic mass is 35.5. The van der Waals surface area contributed by atoms with Gasteiger partial charge in [-0.3, -0.25) is 18.7 Å². The molecule has 4 rings (SSSR count). The number of aryl methyl sites for hydroxylation is 2. The molecule has 0 atom stereocenters. The van der Waals surface area contributed by atoms with Crippen molar-refractivity contribution in [2.45, 2.75) is 58.5 Å². The van der Waals surface area contributed by atoms with Gasteiger partial charge in [-0.05, 0) is 61.9 Å². The number of aromatic hydroxyl groups is 1. The Kier molecular flexibility index (Phi) is 8.52. The van der Waals surface area contributed by atoms with E-state index in [1.807, 2.05) is 31.2 Å². The average molecular weight is 520 g/mol. The zero-order valence-corrected chi connectivity index (χ0v) is 21.6. The standard InChI is InChI=1S/C29H30ClN3O4/c1-20-8-10-22(11-9-20)14-17-25(35)31-26-27(30)32(18-4-7-21-12-15-24(34)16-13-21)29(37)33(28(26)36)19-23-5-2-3-6-23/h8-13,15-16,23,34H,2-3,5-6,14,17-19H2,1H3,(H,31,35). The van der Waals surface area contributed by atoms with Gasteiger partial charge in [0, 0.05) is 18.5 Å². The van der Waals surface area contributed by atoms with Crippen molar-refractivity contribution in [2.24, 2.45) is 5.92 Å². The highest BCUT2D eigenvalue weighted by Crippen LogP contribution is 2.26. The molecule has 0 bridgehead atoms. The molecule has 7 nitrogen and oxygen atoms in total. The van der Waals surface area contributed by atoms with E-state index in [1.54, 1.807) is 12.1 Å². The zero-order chi connectivity index (χ0) is 26.4. The molecule has 1 heterocycles. The third-order valence-electron chi connectivity index (χ3n) is 6.64. The molecule has 1 saturated carbocycles. The summed E-state index contributed by atoms with van der Waals surface area (Å²) in [5.74, 6) is 5.85. The van der Waals surface area contributed by atoms with Gasteiger partial charge < -0.3 is 10.4 Å². The van der Waals surface area contributed by atoms with Gasteiger partial charge in [0.1, 0.15) is 16.6 Å². The molecule has 0 radical (unpaired) electrons. The summed E-state index contributed by atoms with van der Waals surface area (Å²) in [5.41, 5.74) is 1.58. The Bertz CT molecular complexity index is 1440. The van der Waals surface area contributed by atoms with E-state index in [0.717, 1.165) is 36.8 Å². The van der Waals surface area contributed by atoms with Crippen LogP contribution >= 0.6 is 11.6 Å². The lowest BCUT2D eigenvalue weighted by atomic mass is 10.1. The molecule has 0 saturated heterocycles. The van der Waals surface area contributed by atoms with Gasteiger partial charge in [0.25, 0.3) is 5.56 Å². The smallest absolute Gasteiger partial charge is 0.333 e. The van der Waals surface area contributed by atoms with Gasteiger partial charge in [-0.15, -0.1) is 0 Å². The molecule has 0 spiro atoms. The van der Waals surface area contributed by atoms with Crippen LogP contribution in [0.2, 0.25) is 5.15 Å². The maximum Gasteiger partial charge on any atom is 0.333 e. The van der Waals surface area contributed by atoms with Crippen molar-refractivity contribution in [3.8, 4) is 17.6 Å². The molecule has 1 amide bonds. The van der Waals surface area contributed by atoms with Crippen LogP contribution in [0.5, 0.6) is 5.75 Å². The van der Waals surface area contributed by atoms with Crippen molar-refractivity contribution in [3.05, 3.63) is 91.2 Å². The number of carbonyl (C=O) groups is 1. The van der Waals surface area contributed by atoms with E-state index in [1.165, 1.54) is 21.3 Å². The van der Waals surface area contributed by atoms with E-state index in [-0.39, 0.29) is 47.9 Å². The maximum absolute atomic E-state index is 13.3. The Morgan fingerprint density at radius 2 is 1.73 bits per heavy atom. The number of rotatable bonds is 7. The molecule has 3 aromatic rings. The molecule has 0 unspecified atom stereocenters. The summed E-state index contributed by atoms with van der Waals surface area (Å²) in [6.07, 6.45) is 4.73. The molecule has 1 aromatic heterocycles. The largest absolute Gasteiger partial charge is 0.508 e. The molecule has 1 aliphatic rings. The highest BCUT2D eigenvalue weighted by molar-refractivity contribution is 6.32. The minimum atomic E-state index is -0.590. The third kappa shape index (κ3) is 6.72. The minimum Gasteiger partial charge on any atom is -0.508 e. The number of nitrogens with zero attached hydrogens (tertiary/aromatic N) is 2. The molecule has 192 valence electrons. The summed E-state index contributed by atoms with van der Waals surface area (Å²) >= 11 is 6.52. The van der Waals surface area contributed by atoms with E-state index in [9.17, 15) is 19.5 Å². The van der Waals surface area contributed by atoms with E-state index >= 15 is 0 Å². The van der Waals surface area contributed by atoms with E-state index in [0.29, 0.717) is 12.0 Å². The van der Waals surface area contributed by atoms with Crippen molar-refractivity contribution >= 4 is 23.2 Å². The molecule has 1 aliphatic carbocycles. The van der Waals surface area contributed by atoms with Crippen molar-refractivity contribution in [1.29, 1.82) is 0 Å². The molecule has 37 heavy (non-hydrogen) atoms. The Morgan fingerprint density at radius 1 is 1.05 bits per heavy atom. The fraction of sp³-hybridized carbons (Fsp3) is 0.345. The average Bonchev–Trinajstić information content (AvgIpc) is 3.41. The quantitative estimate of drug-likeness (QED) is 0.355. The van der Waals surface area contributed by atoms with Crippen LogP contribution in [0, 0.1) is 24.7 Å². The van der Waals surface area contributed by atoms with Gasteiger partial charge in [0.05, 0.1) is 6.54 Å². The second-order valence-corrected chi connectivity index (χ2v) is 9.84. The topological polar surface area (TPSA) is 93.3 Å². The lowest BCUT2D eigenvalue weighted by molar-refractivity contribution is -0.116. The predicted octanol–water partition coefficient (Wildman–Crippen LogP) is 4.49. The second kappa shape index (κ2) is 12.0. The summed E-state index contributed by atoms with van der Waals surface area (Å²) in [7, 11) is 0. The van der Waals surface area contributed by atoms with Gasteiger partial charge in [0.2, 0.25) is 5.91 Å². The van der Waals surface area contributed by atoms with Gasteiger partial charge in [0.15, 0.2) is 0 Å². The number of amides is 1. The zero-order valence-electron chi connectivity index (χ0n) is 20.8. The van der Waals surface area contributed by atoms with Crippen molar-refractivity contribution in [3.63, 3.8) is 0 Å². The minimum absolute atomic E-state index is 0.0598. The second-order valence-electron chi connectivity index (χ2n) is 9.48. The molecule has 0 aliphatic heterocycles.